The van der Waals surface area contributed by atoms with Gasteiger partial charge in [-0.25, -0.2) is 4.79 Å². The normalized spacial score (nSPS) is 10.5. The Labute approximate surface area is 153 Å². The van der Waals surface area contributed by atoms with Gasteiger partial charge in [-0.1, -0.05) is 24.3 Å². The fourth-order valence-corrected chi connectivity index (χ4v) is 2.65. The first-order valence-electron chi connectivity index (χ1n) is 8.71. The van der Waals surface area contributed by atoms with Crippen LogP contribution in [-0.4, -0.2) is 34.9 Å². The summed E-state index contributed by atoms with van der Waals surface area (Å²) in [6.07, 6.45) is 0.145. The molecule has 0 bridgehead atoms. The predicted octanol–water partition coefficient (Wildman–Crippen LogP) is 2.93. The van der Waals surface area contributed by atoms with Crippen LogP contribution >= 0.6 is 0 Å². The lowest BCUT2D eigenvalue weighted by atomic mass is 10.1. The summed E-state index contributed by atoms with van der Waals surface area (Å²) in [5, 5.41) is 10.0. The Hall–Kier alpha value is -2.83. The van der Waals surface area contributed by atoms with E-state index in [2.05, 4.69) is 34.8 Å². The Balaban J connectivity index is 1.98. The number of rotatable bonds is 7. The van der Waals surface area contributed by atoms with Crippen LogP contribution < -0.4 is 10.6 Å². The number of hydrogen-bond donors (Lipinski definition) is 2. The van der Waals surface area contributed by atoms with Crippen molar-refractivity contribution in [3.05, 3.63) is 46.8 Å². The second kappa shape index (κ2) is 9.03. The highest BCUT2D eigenvalue weighted by molar-refractivity contribution is 5.90. The number of amides is 2. The smallest absolute Gasteiger partial charge is 0.319 e. The van der Waals surface area contributed by atoms with E-state index in [0.29, 0.717) is 18.8 Å². The van der Waals surface area contributed by atoms with Gasteiger partial charge in [0.2, 0.25) is 0 Å². The minimum absolute atomic E-state index is 0.145. The quantitative estimate of drug-likeness (QED) is 0.745. The fraction of sp³-hybridized carbons (Fsp3) is 0.421. The van der Waals surface area contributed by atoms with Crippen molar-refractivity contribution in [3.63, 3.8) is 0 Å². The van der Waals surface area contributed by atoms with Crippen LogP contribution in [0.5, 0.6) is 0 Å². The highest BCUT2D eigenvalue weighted by Gasteiger charge is 2.15. The molecule has 0 spiro atoms. The number of aryl methyl sites for hydroxylation is 2. The number of nitrogens with zero attached hydrogens (tertiary/aromatic N) is 2. The van der Waals surface area contributed by atoms with Gasteiger partial charge in [-0.15, -0.1) is 0 Å². The molecule has 0 radical (unpaired) electrons. The Bertz CT molecular complexity index is 783. The van der Waals surface area contributed by atoms with Gasteiger partial charge in [-0.3, -0.25) is 9.48 Å². The van der Waals surface area contributed by atoms with Crippen LogP contribution in [0.4, 0.5) is 10.5 Å². The Morgan fingerprint density at radius 3 is 2.62 bits per heavy atom. The van der Waals surface area contributed by atoms with Crippen molar-refractivity contribution < 1.29 is 14.3 Å². The Morgan fingerprint density at radius 2 is 1.92 bits per heavy atom. The first-order chi connectivity index (χ1) is 12.4. The monoisotopic (exact) mass is 358 g/mol. The average Bonchev–Trinajstić information content (AvgIpc) is 2.85. The number of anilines is 1. The summed E-state index contributed by atoms with van der Waals surface area (Å²) in [6, 6.07) is 7.78. The zero-order valence-electron chi connectivity index (χ0n) is 15.8. The molecule has 2 N–H and O–H groups in total. The number of benzene rings is 1. The maximum Gasteiger partial charge on any atom is 0.319 e. The number of hydrogen-bond acceptors (Lipinski definition) is 4. The van der Waals surface area contributed by atoms with Gasteiger partial charge < -0.3 is 15.4 Å². The number of urea groups is 1. The third-order valence-corrected chi connectivity index (χ3v) is 4.12. The van der Waals surface area contributed by atoms with Crippen LogP contribution in [0, 0.1) is 20.8 Å². The largest absolute Gasteiger partial charge is 0.466 e. The highest BCUT2D eigenvalue weighted by atomic mass is 16.5. The van der Waals surface area contributed by atoms with E-state index in [-0.39, 0.29) is 25.0 Å². The Morgan fingerprint density at radius 1 is 1.19 bits per heavy atom. The lowest BCUT2D eigenvalue weighted by Gasteiger charge is -2.09. The minimum Gasteiger partial charge on any atom is -0.466 e. The third kappa shape index (κ3) is 5.08. The van der Waals surface area contributed by atoms with Crippen molar-refractivity contribution in [1.29, 1.82) is 0 Å². The molecule has 0 aliphatic rings. The maximum atomic E-state index is 12.1. The Kier molecular flexibility index (Phi) is 6.77. The van der Waals surface area contributed by atoms with E-state index in [1.165, 1.54) is 11.1 Å². The molecule has 0 unspecified atom stereocenters. The van der Waals surface area contributed by atoms with E-state index in [1.807, 2.05) is 30.7 Å². The molecule has 2 rings (SSSR count). The van der Waals surface area contributed by atoms with E-state index in [9.17, 15) is 9.59 Å². The van der Waals surface area contributed by atoms with Crippen LogP contribution in [0.1, 0.15) is 35.9 Å². The summed E-state index contributed by atoms with van der Waals surface area (Å²) >= 11 is 0. The number of aromatic nitrogens is 2. The molecule has 0 atom stereocenters. The second-order valence-corrected chi connectivity index (χ2v) is 6.07. The number of esters is 1. The number of ether oxygens (including phenoxy) is 1. The van der Waals surface area contributed by atoms with E-state index in [4.69, 9.17) is 4.74 Å². The van der Waals surface area contributed by atoms with E-state index in [0.717, 1.165) is 11.4 Å². The molecular formula is C19H26N4O3. The number of nitrogens with one attached hydrogen (secondary N) is 2. The molecule has 1 heterocycles. The molecule has 1 aromatic heterocycles. The summed E-state index contributed by atoms with van der Waals surface area (Å²) in [7, 11) is 0. The molecule has 0 saturated heterocycles. The zero-order valence-corrected chi connectivity index (χ0v) is 15.8. The van der Waals surface area contributed by atoms with Gasteiger partial charge in [-0.05, 0) is 38.8 Å². The highest BCUT2D eigenvalue weighted by Crippen LogP contribution is 2.21. The molecule has 2 aromatic rings. The molecule has 140 valence electrons. The van der Waals surface area contributed by atoms with E-state index >= 15 is 0 Å². The van der Waals surface area contributed by atoms with Crippen molar-refractivity contribution in [2.75, 3.05) is 18.5 Å². The van der Waals surface area contributed by atoms with Gasteiger partial charge in [0.25, 0.3) is 0 Å². The SMILES string of the molecule is CCOC(=O)CCNC(=O)Nc1c(C)nn(Cc2ccccc2C)c1C. The molecule has 7 nitrogen and oxygen atoms in total. The first kappa shape index (κ1) is 19.5. The topological polar surface area (TPSA) is 85.2 Å². The van der Waals surface area contributed by atoms with Crippen LogP contribution in [0.15, 0.2) is 24.3 Å². The first-order valence-corrected chi connectivity index (χ1v) is 8.71. The van der Waals surface area contributed by atoms with Gasteiger partial charge >= 0.3 is 12.0 Å². The molecule has 1 aromatic carbocycles. The maximum absolute atomic E-state index is 12.1. The van der Waals surface area contributed by atoms with Gasteiger partial charge in [-0.2, -0.15) is 5.10 Å². The van der Waals surface area contributed by atoms with Crippen molar-refractivity contribution in [2.45, 2.75) is 40.7 Å². The molecular weight excluding hydrogens is 332 g/mol. The summed E-state index contributed by atoms with van der Waals surface area (Å²) in [5.41, 5.74) is 4.70. The molecule has 0 aliphatic carbocycles. The lowest BCUT2D eigenvalue weighted by molar-refractivity contribution is -0.142. The average molecular weight is 358 g/mol. The van der Waals surface area contributed by atoms with Crippen molar-refractivity contribution in [1.82, 2.24) is 15.1 Å². The summed E-state index contributed by atoms with van der Waals surface area (Å²) in [5.74, 6) is -0.328. The van der Waals surface area contributed by atoms with Crippen molar-refractivity contribution in [2.24, 2.45) is 0 Å². The van der Waals surface area contributed by atoms with Gasteiger partial charge in [0.15, 0.2) is 0 Å². The standard InChI is InChI=1S/C19H26N4O3/c1-5-26-17(24)10-11-20-19(25)21-18-14(3)22-23(15(18)4)12-16-9-7-6-8-13(16)2/h6-9H,5,10-12H2,1-4H3,(H2,20,21,25). The van der Waals surface area contributed by atoms with Crippen molar-refractivity contribution in [3.8, 4) is 0 Å². The van der Waals surface area contributed by atoms with E-state index < -0.39 is 0 Å². The number of carbonyl (C=O) groups is 2. The van der Waals surface area contributed by atoms with Crippen LogP contribution in [0.25, 0.3) is 0 Å². The third-order valence-electron chi connectivity index (χ3n) is 4.12. The summed E-state index contributed by atoms with van der Waals surface area (Å²) in [6.45, 7) is 8.80. The molecule has 2 amide bonds. The number of carbonyl (C=O) groups excluding carboxylic acids is 2. The molecule has 0 saturated carbocycles. The zero-order chi connectivity index (χ0) is 19.1. The second-order valence-electron chi connectivity index (χ2n) is 6.07. The molecule has 0 fully saturated rings. The van der Waals surface area contributed by atoms with Gasteiger partial charge in [0, 0.05) is 6.54 Å². The van der Waals surface area contributed by atoms with Crippen LogP contribution in [0.3, 0.4) is 0 Å². The molecule has 26 heavy (non-hydrogen) atoms. The van der Waals surface area contributed by atoms with Gasteiger partial charge in [0.05, 0.1) is 36.6 Å². The molecule has 7 heteroatoms. The lowest BCUT2D eigenvalue weighted by Crippen LogP contribution is -2.31. The summed E-state index contributed by atoms with van der Waals surface area (Å²) in [4.78, 5) is 23.4. The summed E-state index contributed by atoms with van der Waals surface area (Å²) < 4.78 is 6.71. The minimum atomic E-state index is -0.365. The van der Waals surface area contributed by atoms with Crippen LogP contribution in [-0.2, 0) is 16.1 Å². The van der Waals surface area contributed by atoms with Crippen LogP contribution in [0.2, 0.25) is 0 Å². The van der Waals surface area contributed by atoms with E-state index in [1.54, 1.807) is 6.92 Å². The fourth-order valence-electron chi connectivity index (χ4n) is 2.65. The van der Waals surface area contributed by atoms with Gasteiger partial charge in [0.1, 0.15) is 0 Å². The predicted molar refractivity (Wildman–Crippen MR) is 100 cm³/mol. The molecule has 0 aliphatic heterocycles. The van der Waals surface area contributed by atoms with Crippen molar-refractivity contribution >= 4 is 17.7 Å².